The molecule has 20 heavy (non-hydrogen) atoms. The van der Waals surface area contributed by atoms with E-state index in [1.165, 1.54) is 0 Å². The maximum atomic E-state index is 13.1. The molecule has 2 aromatic carbocycles. The largest absolute Gasteiger partial charge is 0.287 e. The van der Waals surface area contributed by atoms with Gasteiger partial charge in [-0.1, -0.05) is 24.3 Å². The van der Waals surface area contributed by atoms with Crippen molar-refractivity contribution in [3.8, 4) is 0 Å². The van der Waals surface area contributed by atoms with Gasteiger partial charge in [0.15, 0.2) is 0 Å². The van der Waals surface area contributed by atoms with Crippen molar-refractivity contribution in [1.82, 2.24) is 4.98 Å². The van der Waals surface area contributed by atoms with E-state index in [-0.39, 0.29) is 11.3 Å². The highest BCUT2D eigenvalue weighted by Crippen LogP contribution is 2.16. The summed E-state index contributed by atoms with van der Waals surface area (Å²) in [6.45, 7) is 0. The van der Waals surface area contributed by atoms with Crippen LogP contribution in [0.1, 0.15) is 16.1 Å². The summed E-state index contributed by atoms with van der Waals surface area (Å²) in [5.74, 6) is -2.07. The van der Waals surface area contributed by atoms with Crippen LogP contribution in [0.15, 0.2) is 54.6 Å². The van der Waals surface area contributed by atoms with Crippen LogP contribution in [0.4, 0.5) is 8.78 Å². The monoisotopic (exact) mass is 269 g/mol. The summed E-state index contributed by atoms with van der Waals surface area (Å²) >= 11 is 0. The van der Waals surface area contributed by atoms with E-state index in [9.17, 15) is 13.6 Å². The van der Waals surface area contributed by atoms with Gasteiger partial charge in [0, 0.05) is 17.0 Å². The number of carbonyl (C=O) groups is 1. The minimum absolute atomic E-state index is 0.0507. The Hall–Kier alpha value is -2.62. The lowest BCUT2D eigenvalue weighted by Gasteiger charge is -2.03. The van der Waals surface area contributed by atoms with E-state index in [1.54, 1.807) is 18.2 Å². The van der Waals surface area contributed by atoms with Crippen LogP contribution in [0.25, 0.3) is 10.9 Å². The molecule has 0 saturated heterocycles. The molecule has 0 aliphatic carbocycles. The molecule has 0 fully saturated rings. The second-order valence-electron chi connectivity index (χ2n) is 4.38. The average Bonchev–Trinajstić information content (AvgIpc) is 2.45. The molecule has 98 valence electrons. The predicted molar refractivity (Wildman–Crippen MR) is 71.5 cm³/mol. The Kier molecular flexibility index (Phi) is 2.99. The fraction of sp³-hybridized carbons (Fsp3) is 0. The Labute approximate surface area is 113 Å². The van der Waals surface area contributed by atoms with Gasteiger partial charge >= 0.3 is 0 Å². The summed E-state index contributed by atoms with van der Waals surface area (Å²) in [7, 11) is 0. The smallest absolute Gasteiger partial charge is 0.211 e. The minimum Gasteiger partial charge on any atom is -0.287 e. The molecule has 0 atom stereocenters. The Balaban J connectivity index is 2.07. The molecule has 0 aliphatic rings. The van der Waals surface area contributed by atoms with Crippen LogP contribution in [0.5, 0.6) is 0 Å². The summed E-state index contributed by atoms with van der Waals surface area (Å²) < 4.78 is 26.3. The number of hydrogen-bond donors (Lipinski definition) is 0. The summed E-state index contributed by atoms with van der Waals surface area (Å²) in [6, 6.07) is 13.4. The zero-order valence-electron chi connectivity index (χ0n) is 10.3. The number of rotatable bonds is 2. The maximum absolute atomic E-state index is 13.1. The zero-order chi connectivity index (χ0) is 14.1. The first kappa shape index (κ1) is 12.4. The van der Waals surface area contributed by atoms with Crippen LogP contribution >= 0.6 is 0 Å². The summed E-state index contributed by atoms with van der Waals surface area (Å²) in [4.78, 5) is 16.4. The maximum Gasteiger partial charge on any atom is 0.211 e. The number of halogens is 2. The first-order chi connectivity index (χ1) is 9.63. The van der Waals surface area contributed by atoms with Crippen molar-refractivity contribution < 1.29 is 13.6 Å². The van der Waals surface area contributed by atoms with Crippen molar-refractivity contribution in [3.63, 3.8) is 0 Å². The summed E-state index contributed by atoms with van der Waals surface area (Å²) in [5, 5.41) is 0.898. The third-order valence-electron chi connectivity index (χ3n) is 2.96. The Morgan fingerprint density at radius 1 is 0.900 bits per heavy atom. The molecule has 0 spiro atoms. The van der Waals surface area contributed by atoms with Gasteiger partial charge in [-0.2, -0.15) is 0 Å². The van der Waals surface area contributed by atoms with E-state index >= 15 is 0 Å². The summed E-state index contributed by atoms with van der Waals surface area (Å²) in [5.41, 5.74) is 0.772. The number of carbonyl (C=O) groups excluding carboxylic acids is 1. The highest BCUT2D eigenvalue weighted by Gasteiger charge is 2.13. The molecular formula is C16H9F2NO. The Morgan fingerprint density at radius 2 is 1.60 bits per heavy atom. The van der Waals surface area contributed by atoms with Crippen molar-refractivity contribution >= 4 is 16.7 Å². The van der Waals surface area contributed by atoms with E-state index in [4.69, 9.17) is 0 Å². The van der Waals surface area contributed by atoms with Crippen LogP contribution in [0.3, 0.4) is 0 Å². The second kappa shape index (κ2) is 4.81. The highest BCUT2D eigenvalue weighted by molar-refractivity contribution is 6.08. The van der Waals surface area contributed by atoms with Crippen molar-refractivity contribution in [2.75, 3.05) is 0 Å². The third-order valence-corrected chi connectivity index (χ3v) is 2.96. The number of benzene rings is 2. The molecule has 0 radical (unpaired) electrons. The minimum atomic E-state index is -0.783. The zero-order valence-corrected chi connectivity index (χ0v) is 10.3. The molecule has 0 unspecified atom stereocenters. The number of pyridine rings is 1. The van der Waals surface area contributed by atoms with Crippen LogP contribution in [0, 0.1) is 11.6 Å². The fourth-order valence-corrected chi connectivity index (χ4v) is 2.03. The molecule has 3 aromatic rings. The van der Waals surface area contributed by atoms with E-state index in [1.807, 2.05) is 18.2 Å². The molecule has 1 aromatic heterocycles. The molecule has 1 heterocycles. The normalized spacial score (nSPS) is 10.7. The van der Waals surface area contributed by atoms with Gasteiger partial charge in [-0.15, -0.1) is 0 Å². The molecule has 0 amide bonds. The first-order valence-corrected chi connectivity index (χ1v) is 6.00. The fourth-order valence-electron chi connectivity index (χ4n) is 2.03. The molecule has 3 rings (SSSR count). The van der Waals surface area contributed by atoms with E-state index < -0.39 is 17.4 Å². The number of nitrogens with zero attached hydrogens (tertiary/aromatic N) is 1. The molecular weight excluding hydrogens is 260 g/mol. The van der Waals surface area contributed by atoms with Crippen LogP contribution < -0.4 is 0 Å². The van der Waals surface area contributed by atoms with Crippen molar-refractivity contribution in [2.45, 2.75) is 0 Å². The van der Waals surface area contributed by atoms with Crippen LogP contribution in [-0.2, 0) is 0 Å². The van der Waals surface area contributed by atoms with Crippen molar-refractivity contribution in [1.29, 1.82) is 0 Å². The molecule has 4 heteroatoms. The van der Waals surface area contributed by atoms with Gasteiger partial charge in [0.25, 0.3) is 0 Å². The molecule has 2 nitrogen and oxygen atoms in total. The van der Waals surface area contributed by atoms with Gasteiger partial charge in [-0.25, -0.2) is 13.8 Å². The standard InChI is InChI=1S/C16H9F2NO/c17-12-7-11(8-13(18)9-12)16(20)15-6-5-10-3-1-2-4-14(10)19-15/h1-9H. The van der Waals surface area contributed by atoms with Gasteiger partial charge in [0.05, 0.1) is 5.52 Å². The molecule has 0 N–H and O–H groups in total. The highest BCUT2D eigenvalue weighted by atomic mass is 19.1. The lowest BCUT2D eigenvalue weighted by molar-refractivity contribution is 0.103. The Bertz CT molecular complexity index is 794. The second-order valence-corrected chi connectivity index (χ2v) is 4.38. The number of fused-ring (bicyclic) bond motifs is 1. The van der Waals surface area contributed by atoms with Crippen molar-refractivity contribution in [3.05, 3.63) is 77.5 Å². The van der Waals surface area contributed by atoms with Gasteiger partial charge in [0.1, 0.15) is 17.3 Å². The first-order valence-electron chi connectivity index (χ1n) is 6.00. The Morgan fingerprint density at radius 3 is 2.35 bits per heavy atom. The van der Waals surface area contributed by atoms with E-state index in [0.717, 1.165) is 23.6 Å². The molecule has 0 bridgehead atoms. The lowest BCUT2D eigenvalue weighted by Crippen LogP contribution is -2.05. The average molecular weight is 269 g/mol. The quantitative estimate of drug-likeness (QED) is 0.663. The summed E-state index contributed by atoms with van der Waals surface area (Å²) in [6.07, 6.45) is 0. The number of para-hydroxylation sites is 1. The van der Waals surface area contributed by atoms with Crippen molar-refractivity contribution in [2.24, 2.45) is 0 Å². The number of ketones is 1. The van der Waals surface area contributed by atoms with E-state index in [2.05, 4.69) is 4.98 Å². The topological polar surface area (TPSA) is 30.0 Å². The molecule has 0 aliphatic heterocycles. The third kappa shape index (κ3) is 2.28. The number of aromatic nitrogens is 1. The van der Waals surface area contributed by atoms with Gasteiger partial charge < -0.3 is 0 Å². The van der Waals surface area contributed by atoms with E-state index in [0.29, 0.717) is 5.52 Å². The van der Waals surface area contributed by atoms with Gasteiger partial charge in [-0.3, -0.25) is 4.79 Å². The van der Waals surface area contributed by atoms with Crippen LogP contribution in [-0.4, -0.2) is 10.8 Å². The lowest BCUT2D eigenvalue weighted by atomic mass is 10.1. The van der Waals surface area contributed by atoms with Gasteiger partial charge in [0.2, 0.25) is 5.78 Å². The van der Waals surface area contributed by atoms with Crippen LogP contribution in [0.2, 0.25) is 0 Å². The number of hydrogen-bond acceptors (Lipinski definition) is 2. The van der Waals surface area contributed by atoms with Gasteiger partial charge in [-0.05, 0) is 24.3 Å². The SMILES string of the molecule is O=C(c1cc(F)cc(F)c1)c1ccc2ccccc2n1. The predicted octanol–water partition coefficient (Wildman–Crippen LogP) is 3.74. The molecule has 0 saturated carbocycles.